The number of piperazine rings is 1. The number of nitrogens with zero attached hydrogens (tertiary/aromatic N) is 1. The summed E-state index contributed by atoms with van der Waals surface area (Å²) in [4.78, 5) is 1.73. The van der Waals surface area contributed by atoms with Gasteiger partial charge in [0.1, 0.15) is 5.69 Å². The van der Waals surface area contributed by atoms with Crippen molar-refractivity contribution in [3.63, 3.8) is 0 Å². The van der Waals surface area contributed by atoms with Gasteiger partial charge in [0.25, 0.3) is 0 Å². The zero-order chi connectivity index (χ0) is 12.6. The van der Waals surface area contributed by atoms with Gasteiger partial charge in [-0.25, -0.2) is 8.78 Å². The predicted molar refractivity (Wildman–Crippen MR) is 65.0 cm³/mol. The molecule has 0 saturated carbocycles. The molecular formula is C12H17F2N3. The summed E-state index contributed by atoms with van der Waals surface area (Å²) in [6.07, 6.45) is 0. The van der Waals surface area contributed by atoms with Crippen molar-refractivity contribution in [2.45, 2.75) is 25.9 Å². The lowest BCUT2D eigenvalue weighted by Gasteiger charge is -2.37. The minimum atomic E-state index is -0.594. The maximum atomic E-state index is 13.8. The zero-order valence-corrected chi connectivity index (χ0v) is 10.0. The zero-order valence-electron chi connectivity index (χ0n) is 10.0. The van der Waals surface area contributed by atoms with E-state index in [0.717, 1.165) is 12.1 Å². The maximum Gasteiger partial charge on any atom is 0.151 e. The number of anilines is 2. The molecule has 3 N–H and O–H groups in total. The van der Waals surface area contributed by atoms with Crippen molar-refractivity contribution in [3.05, 3.63) is 23.8 Å². The van der Waals surface area contributed by atoms with Crippen LogP contribution in [0.1, 0.15) is 13.8 Å². The highest BCUT2D eigenvalue weighted by atomic mass is 19.1. The van der Waals surface area contributed by atoms with Gasteiger partial charge in [0.05, 0.1) is 0 Å². The summed E-state index contributed by atoms with van der Waals surface area (Å²) in [6, 6.07) is 2.73. The molecule has 0 radical (unpaired) electrons. The first-order valence-corrected chi connectivity index (χ1v) is 5.73. The Balaban J connectivity index is 2.33. The van der Waals surface area contributed by atoms with Crippen molar-refractivity contribution in [2.24, 2.45) is 0 Å². The Bertz CT molecular complexity index is 389. The summed E-state index contributed by atoms with van der Waals surface area (Å²) >= 11 is 0. The lowest BCUT2D eigenvalue weighted by molar-refractivity contribution is 0.400. The molecule has 3 nitrogen and oxygen atoms in total. The Kier molecular flexibility index (Phi) is 3.19. The molecule has 5 heteroatoms. The number of hydrogen-bond acceptors (Lipinski definition) is 3. The Morgan fingerprint density at radius 3 is 2.12 bits per heavy atom. The third-order valence-electron chi connectivity index (χ3n) is 2.91. The number of halogens is 2. The summed E-state index contributed by atoms with van der Waals surface area (Å²) in [5.74, 6) is -1.19. The number of benzene rings is 1. The van der Waals surface area contributed by atoms with E-state index in [9.17, 15) is 8.78 Å². The molecule has 0 bridgehead atoms. The minimum Gasteiger partial charge on any atom is -0.399 e. The van der Waals surface area contributed by atoms with Crippen LogP contribution < -0.4 is 16.0 Å². The van der Waals surface area contributed by atoms with E-state index >= 15 is 0 Å². The quantitative estimate of drug-likeness (QED) is 0.736. The lowest BCUT2D eigenvalue weighted by atomic mass is 10.1. The molecule has 1 heterocycles. The van der Waals surface area contributed by atoms with Crippen LogP contribution in [-0.4, -0.2) is 25.2 Å². The molecule has 1 aliphatic heterocycles. The SMILES string of the molecule is CC1CN(c2c(F)cc(N)cc2F)CC(C)N1. The summed E-state index contributed by atoms with van der Waals surface area (Å²) < 4.78 is 27.5. The van der Waals surface area contributed by atoms with E-state index in [2.05, 4.69) is 5.32 Å². The molecule has 1 aliphatic rings. The highest BCUT2D eigenvalue weighted by Crippen LogP contribution is 2.27. The van der Waals surface area contributed by atoms with E-state index in [1.54, 1.807) is 4.90 Å². The molecule has 1 saturated heterocycles. The van der Waals surface area contributed by atoms with Crippen LogP contribution in [0.5, 0.6) is 0 Å². The van der Waals surface area contributed by atoms with Gasteiger partial charge in [0.2, 0.25) is 0 Å². The Morgan fingerprint density at radius 1 is 1.18 bits per heavy atom. The highest BCUT2D eigenvalue weighted by molar-refractivity contribution is 5.56. The average Bonchev–Trinajstić information content (AvgIpc) is 2.13. The van der Waals surface area contributed by atoms with E-state index in [1.807, 2.05) is 13.8 Å². The first-order valence-electron chi connectivity index (χ1n) is 5.73. The van der Waals surface area contributed by atoms with Crippen molar-refractivity contribution in [1.82, 2.24) is 5.32 Å². The second-order valence-electron chi connectivity index (χ2n) is 4.71. The number of nitrogen functional groups attached to an aromatic ring is 1. The van der Waals surface area contributed by atoms with Crippen molar-refractivity contribution >= 4 is 11.4 Å². The number of rotatable bonds is 1. The molecule has 1 fully saturated rings. The normalized spacial score (nSPS) is 25.1. The molecule has 0 aromatic heterocycles. The molecule has 1 aromatic rings. The number of hydrogen-bond donors (Lipinski definition) is 2. The smallest absolute Gasteiger partial charge is 0.151 e. The van der Waals surface area contributed by atoms with Crippen LogP contribution in [0.25, 0.3) is 0 Å². The van der Waals surface area contributed by atoms with Gasteiger partial charge in [-0.3, -0.25) is 0 Å². The van der Waals surface area contributed by atoms with Gasteiger partial charge >= 0.3 is 0 Å². The Hall–Kier alpha value is -1.36. The van der Waals surface area contributed by atoms with E-state index < -0.39 is 11.6 Å². The van der Waals surface area contributed by atoms with Crippen molar-refractivity contribution < 1.29 is 8.78 Å². The van der Waals surface area contributed by atoms with Crippen LogP contribution in [-0.2, 0) is 0 Å². The molecule has 17 heavy (non-hydrogen) atoms. The highest BCUT2D eigenvalue weighted by Gasteiger charge is 2.25. The summed E-state index contributed by atoms with van der Waals surface area (Å²) in [6.45, 7) is 5.16. The topological polar surface area (TPSA) is 41.3 Å². The minimum absolute atomic E-state index is 0.0272. The largest absolute Gasteiger partial charge is 0.399 e. The average molecular weight is 241 g/mol. The molecule has 2 unspecified atom stereocenters. The molecule has 0 amide bonds. The van der Waals surface area contributed by atoms with Crippen molar-refractivity contribution in [1.29, 1.82) is 0 Å². The molecular weight excluding hydrogens is 224 g/mol. The fraction of sp³-hybridized carbons (Fsp3) is 0.500. The van der Waals surface area contributed by atoms with E-state index in [-0.39, 0.29) is 23.5 Å². The third-order valence-corrected chi connectivity index (χ3v) is 2.91. The molecule has 2 rings (SSSR count). The van der Waals surface area contributed by atoms with Gasteiger partial charge < -0.3 is 16.0 Å². The van der Waals surface area contributed by atoms with Crippen LogP contribution in [0.4, 0.5) is 20.2 Å². The molecule has 0 aliphatic carbocycles. The summed E-state index contributed by atoms with van der Waals surface area (Å²) in [7, 11) is 0. The first kappa shape index (κ1) is 12.1. The van der Waals surface area contributed by atoms with Gasteiger partial charge in [0, 0.05) is 30.9 Å². The van der Waals surface area contributed by atoms with Gasteiger partial charge in [0.15, 0.2) is 11.6 Å². The number of nitrogens with two attached hydrogens (primary N) is 1. The van der Waals surface area contributed by atoms with Crippen molar-refractivity contribution in [3.8, 4) is 0 Å². The molecule has 1 aromatic carbocycles. The second kappa shape index (κ2) is 4.49. The standard InChI is InChI=1S/C12H17F2N3/c1-7-5-17(6-8(2)16-7)12-10(13)3-9(15)4-11(12)14/h3-4,7-8,16H,5-6,15H2,1-2H3. The first-order chi connectivity index (χ1) is 7.97. The van der Waals surface area contributed by atoms with E-state index in [1.165, 1.54) is 0 Å². The number of nitrogens with one attached hydrogen (secondary N) is 1. The maximum absolute atomic E-state index is 13.8. The van der Waals surface area contributed by atoms with E-state index in [4.69, 9.17) is 5.73 Å². The Labute approximate surface area is 99.6 Å². The van der Waals surface area contributed by atoms with Crippen LogP contribution in [0.3, 0.4) is 0 Å². The second-order valence-corrected chi connectivity index (χ2v) is 4.71. The lowest BCUT2D eigenvalue weighted by Crippen LogP contribution is -2.54. The van der Waals surface area contributed by atoms with Gasteiger partial charge in [-0.2, -0.15) is 0 Å². The van der Waals surface area contributed by atoms with Gasteiger partial charge in [-0.05, 0) is 26.0 Å². The van der Waals surface area contributed by atoms with Crippen LogP contribution in [0, 0.1) is 11.6 Å². The van der Waals surface area contributed by atoms with Gasteiger partial charge in [-0.1, -0.05) is 0 Å². The van der Waals surface area contributed by atoms with Crippen LogP contribution >= 0.6 is 0 Å². The monoisotopic (exact) mass is 241 g/mol. The fourth-order valence-corrected chi connectivity index (χ4v) is 2.40. The summed E-state index contributed by atoms with van der Waals surface area (Å²) in [5.41, 5.74) is 5.54. The van der Waals surface area contributed by atoms with Gasteiger partial charge in [-0.15, -0.1) is 0 Å². The molecule has 0 spiro atoms. The fourth-order valence-electron chi connectivity index (χ4n) is 2.40. The van der Waals surface area contributed by atoms with E-state index in [0.29, 0.717) is 13.1 Å². The van der Waals surface area contributed by atoms with Crippen LogP contribution in [0.15, 0.2) is 12.1 Å². The molecule has 2 atom stereocenters. The van der Waals surface area contributed by atoms with Crippen LogP contribution in [0.2, 0.25) is 0 Å². The molecule has 94 valence electrons. The summed E-state index contributed by atoms with van der Waals surface area (Å²) in [5, 5.41) is 3.32. The third kappa shape index (κ3) is 2.49. The predicted octanol–water partition coefficient (Wildman–Crippen LogP) is 1.73. The van der Waals surface area contributed by atoms with Crippen molar-refractivity contribution in [2.75, 3.05) is 23.7 Å². The Morgan fingerprint density at radius 2 is 1.65 bits per heavy atom.